The minimum absolute atomic E-state index is 0.324. The molecule has 1 fully saturated rings. The van der Waals surface area contributed by atoms with Crippen molar-refractivity contribution in [3.63, 3.8) is 0 Å². The molecule has 0 bridgehead atoms. The van der Waals surface area contributed by atoms with Crippen LogP contribution in [0.4, 0.5) is 17.6 Å². The molecule has 0 amide bonds. The molecule has 11 heteroatoms. The van der Waals surface area contributed by atoms with Crippen molar-refractivity contribution in [3.05, 3.63) is 35.6 Å². The van der Waals surface area contributed by atoms with Crippen LogP contribution in [0.25, 0.3) is 0 Å². The highest BCUT2D eigenvalue weighted by Gasteiger charge is 2.57. The summed E-state index contributed by atoms with van der Waals surface area (Å²) < 4.78 is 64.0. The van der Waals surface area contributed by atoms with Crippen molar-refractivity contribution in [1.82, 2.24) is 5.32 Å². The average molecular weight is 410 g/mol. The van der Waals surface area contributed by atoms with E-state index in [1.165, 1.54) is 12.1 Å². The summed E-state index contributed by atoms with van der Waals surface area (Å²) in [5.41, 5.74) is -0.555. The molecule has 1 saturated heterocycles. The van der Waals surface area contributed by atoms with Crippen LogP contribution >= 0.6 is 11.8 Å². The number of amidine groups is 1. The summed E-state index contributed by atoms with van der Waals surface area (Å²) in [4.78, 5) is 4.09. The molecule has 3 N–H and O–H groups in total. The summed E-state index contributed by atoms with van der Waals surface area (Å²) in [5.74, 6) is -0.523. The second-order valence-corrected chi connectivity index (χ2v) is 7.23. The first-order chi connectivity index (χ1) is 12.7. The van der Waals surface area contributed by atoms with E-state index in [1.807, 2.05) is 0 Å². The number of aliphatic hydroxyl groups excluding tert-OH is 2. The van der Waals surface area contributed by atoms with E-state index in [2.05, 4.69) is 10.3 Å². The molecule has 0 radical (unpaired) electrons. The predicted molar refractivity (Wildman–Crippen MR) is 89.6 cm³/mol. The first kappa shape index (κ1) is 20.3. The SMILES string of the molecule is CNC1=N[C@@H]2[C@@H](O)[C@H](O)C([C@@H](OCc3ccc(F)cc3)C(F)(F)F)O[C@@H]2S1. The molecular weight excluding hydrogens is 392 g/mol. The van der Waals surface area contributed by atoms with Crippen LogP contribution in [0, 0.1) is 5.82 Å². The third kappa shape index (κ3) is 4.37. The Labute approximate surface area is 156 Å². The zero-order valence-electron chi connectivity index (χ0n) is 14.1. The maximum atomic E-state index is 13.6. The molecule has 3 rings (SSSR count). The van der Waals surface area contributed by atoms with E-state index in [4.69, 9.17) is 9.47 Å². The molecule has 0 saturated carbocycles. The fourth-order valence-corrected chi connectivity index (χ4v) is 3.97. The van der Waals surface area contributed by atoms with E-state index in [-0.39, 0.29) is 0 Å². The Morgan fingerprint density at radius 1 is 1.26 bits per heavy atom. The third-order valence-electron chi connectivity index (χ3n) is 4.28. The number of halogens is 4. The lowest BCUT2D eigenvalue weighted by atomic mass is 9.94. The van der Waals surface area contributed by atoms with Crippen molar-refractivity contribution in [2.75, 3.05) is 7.05 Å². The Balaban J connectivity index is 1.75. The normalized spacial score (nSPS) is 32.0. The molecule has 2 aliphatic rings. The van der Waals surface area contributed by atoms with Gasteiger partial charge < -0.3 is 25.0 Å². The number of nitrogens with zero attached hydrogens (tertiary/aromatic N) is 1. The largest absolute Gasteiger partial charge is 0.417 e. The summed E-state index contributed by atoms with van der Waals surface area (Å²) in [7, 11) is 1.58. The lowest BCUT2D eigenvalue weighted by molar-refractivity contribution is -0.286. The molecule has 1 aromatic carbocycles. The first-order valence-electron chi connectivity index (χ1n) is 8.07. The summed E-state index contributed by atoms with van der Waals surface area (Å²) in [5, 5.41) is 23.6. The maximum Gasteiger partial charge on any atom is 0.417 e. The van der Waals surface area contributed by atoms with Gasteiger partial charge in [0, 0.05) is 7.05 Å². The fraction of sp³-hybridized carbons (Fsp3) is 0.562. The van der Waals surface area contributed by atoms with E-state index in [0.717, 1.165) is 23.9 Å². The molecular formula is C16H18F4N2O4S. The fourth-order valence-electron chi connectivity index (χ4n) is 2.90. The lowest BCUT2D eigenvalue weighted by Gasteiger charge is -2.41. The summed E-state index contributed by atoms with van der Waals surface area (Å²) in [6.07, 6.45) is -12.5. The molecule has 2 heterocycles. The smallest absolute Gasteiger partial charge is 0.388 e. The van der Waals surface area contributed by atoms with Crippen molar-refractivity contribution in [3.8, 4) is 0 Å². The second-order valence-electron chi connectivity index (χ2n) is 6.14. The van der Waals surface area contributed by atoms with Gasteiger partial charge in [0.25, 0.3) is 0 Å². The van der Waals surface area contributed by atoms with Gasteiger partial charge in [-0.1, -0.05) is 23.9 Å². The number of benzene rings is 1. The Morgan fingerprint density at radius 2 is 1.93 bits per heavy atom. The Bertz CT molecular complexity index is 688. The van der Waals surface area contributed by atoms with Gasteiger partial charge >= 0.3 is 6.18 Å². The zero-order chi connectivity index (χ0) is 19.8. The van der Waals surface area contributed by atoms with Gasteiger partial charge in [0.2, 0.25) is 0 Å². The molecule has 0 aliphatic carbocycles. The van der Waals surface area contributed by atoms with Crippen LogP contribution in [0.2, 0.25) is 0 Å². The standard InChI is InChI=1S/C16H18F4N2O4S/c1-21-15-22-9-10(23)11(24)12(26-14(9)27-15)13(16(18,19)20)25-6-7-2-4-8(17)5-3-7/h2-5,9-14,23-24H,6H2,1H3,(H,21,22)/t9-,10-,11+,12?,13-,14-/m1/s1. The number of hydrogen-bond acceptors (Lipinski definition) is 7. The molecule has 1 unspecified atom stereocenters. The van der Waals surface area contributed by atoms with Crippen molar-refractivity contribution in [2.24, 2.45) is 4.99 Å². The van der Waals surface area contributed by atoms with Crippen LogP contribution in [0.15, 0.2) is 29.3 Å². The Morgan fingerprint density at radius 3 is 2.52 bits per heavy atom. The molecule has 1 aromatic rings. The molecule has 0 aromatic heterocycles. The van der Waals surface area contributed by atoms with Gasteiger partial charge in [-0.25, -0.2) is 4.39 Å². The number of rotatable bonds is 4. The van der Waals surface area contributed by atoms with E-state index in [9.17, 15) is 27.8 Å². The minimum atomic E-state index is -4.85. The average Bonchev–Trinajstić information content (AvgIpc) is 3.03. The predicted octanol–water partition coefficient (Wildman–Crippen LogP) is 1.41. The van der Waals surface area contributed by atoms with Gasteiger partial charge in [-0.2, -0.15) is 13.2 Å². The van der Waals surface area contributed by atoms with Crippen molar-refractivity contribution in [2.45, 2.75) is 48.7 Å². The van der Waals surface area contributed by atoms with Crippen LogP contribution in [-0.2, 0) is 16.1 Å². The topological polar surface area (TPSA) is 83.3 Å². The number of hydrogen-bond donors (Lipinski definition) is 3. The summed E-state index contributed by atoms with van der Waals surface area (Å²) in [6, 6.07) is 3.92. The number of aliphatic hydroxyl groups is 2. The van der Waals surface area contributed by atoms with Crippen LogP contribution in [-0.4, -0.2) is 64.5 Å². The number of aliphatic imine (C=N–C) groups is 1. The Kier molecular flexibility index (Phi) is 5.96. The second kappa shape index (κ2) is 7.92. The molecule has 6 atom stereocenters. The van der Waals surface area contributed by atoms with Gasteiger partial charge in [0.15, 0.2) is 11.3 Å². The molecule has 6 nitrogen and oxygen atoms in total. The van der Waals surface area contributed by atoms with Crippen LogP contribution in [0.1, 0.15) is 5.56 Å². The number of fused-ring (bicyclic) bond motifs is 1. The minimum Gasteiger partial charge on any atom is -0.388 e. The van der Waals surface area contributed by atoms with Gasteiger partial charge in [-0.05, 0) is 17.7 Å². The highest BCUT2D eigenvalue weighted by molar-refractivity contribution is 8.14. The zero-order valence-corrected chi connectivity index (χ0v) is 14.9. The summed E-state index contributed by atoms with van der Waals surface area (Å²) in [6.45, 7) is -0.466. The van der Waals surface area contributed by atoms with E-state index < -0.39 is 54.5 Å². The van der Waals surface area contributed by atoms with Crippen LogP contribution in [0.5, 0.6) is 0 Å². The maximum absolute atomic E-state index is 13.6. The monoisotopic (exact) mass is 410 g/mol. The number of thioether (sulfide) groups is 1. The summed E-state index contributed by atoms with van der Waals surface area (Å²) >= 11 is 1.03. The highest BCUT2D eigenvalue weighted by Crippen LogP contribution is 2.40. The van der Waals surface area contributed by atoms with Gasteiger partial charge in [0.1, 0.15) is 35.6 Å². The first-order valence-corrected chi connectivity index (χ1v) is 8.95. The Hall–Kier alpha value is -1.40. The molecule has 0 spiro atoms. The molecule has 27 heavy (non-hydrogen) atoms. The number of ether oxygens (including phenoxy) is 2. The van der Waals surface area contributed by atoms with E-state index >= 15 is 0 Å². The third-order valence-corrected chi connectivity index (χ3v) is 5.43. The van der Waals surface area contributed by atoms with Gasteiger partial charge in [-0.3, -0.25) is 4.99 Å². The number of alkyl halides is 3. The van der Waals surface area contributed by atoms with Gasteiger partial charge in [0.05, 0.1) is 6.61 Å². The van der Waals surface area contributed by atoms with E-state index in [1.54, 1.807) is 7.05 Å². The van der Waals surface area contributed by atoms with Crippen LogP contribution < -0.4 is 5.32 Å². The quantitative estimate of drug-likeness (QED) is 0.652. The van der Waals surface area contributed by atoms with Gasteiger partial charge in [-0.15, -0.1) is 0 Å². The number of nitrogens with one attached hydrogen (secondary N) is 1. The molecule has 150 valence electrons. The van der Waals surface area contributed by atoms with Crippen molar-refractivity contribution < 1.29 is 37.2 Å². The lowest BCUT2D eigenvalue weighted by Crippen LogP contribution is -2.61. The molecule has 2 aliphatic heterocycles. The van der Waals surface area contributed by atoms with E-state index in [0.29, 0.717) is 10.7 Å². The highest BCUT2D eigenvalue weighted by atomic mass is 32.2. The van der Waals surface area contributed by atoms with Crippen molar-refractivity contribution in [1.29, 1.82) is 0 Å². The van der Waals surface area contributed by atoms with Crippen LogP contribution in [0.3, 0.4) is 0 Å². The van der Waals surface area contributed by atoms with Crippen molar-refractivity contribution >= 4 is 16.9 Å².